The molecule has 0 saturated carbocycles. The van der Waals surface area contributed by atoms with Crippen LogP contribution in [0, 0.1) is 0 Å². The number of amides is 2. The minimum atomic E-state index is -0.635. The number of hydrazine groups is 1. The maximum Gasteiger partial charge on any atom is 0.426 e. The summed E-state index contributed by atoms with van der Waals surface area (Å²) in [6.07, 6.45) is -0.635. The van der Waals surface area contributed by atoms with Crippen molar-refractivity contribution in [2.45, 2.75) is 12.8 Å². The Hall–Kier alpha value is -2.82. The van der Waals surface area contributed by atoms with Gasteiger partial charge in [-0.25, -0.2) is 10.2 Å². The van der Waals surface area contributed by atoms with Gasteiger partial charge in [0, 0.05) is 19.9 Å². The van der Waals surface area contributed by atoms with Gasteiger partial charge in [0.1, 0.15) is 6.61 Å². The normalized spacial score (nSPS) is 12.3. The van der Waals surface area contributed by atoms with E-state index in [1.807, 2.05) is 24.3 Å². The molecule has 0 spiro atoms. The Morgan fingerprint density at radius 1 is 1.04 bits per heavy atom. The van der Waals surface area contributed by atoms with Gasteiger partial charge in [0.15, 0.2) is 0 Å². The number of nitrogens with one attached hydrogen (secondary N) is 1. The molecule has 2 aromatic carbocycles. The second-order valence-corrected chi connectivity index (χ2v) is 5.52. The quantitative estimate of drug-likeness (QED) is 0.868. The Morgan fingerprint density at radius 3 is 2.09 bits per heavy atom. The lowest BCUT2D eigenvalue weighted by Crippen LogP contribution is -2.42. The molecule has 1 aliphatic carbocycles. The molecular weight excluding hydrogens is 292 g/mol. The number of benzene rings is 2. The van der Waals surface area contributed by atoms with Crippen molar-refractivity contribution in [2.75, 3.05) is 13.7 Å². The van der Waals surface area contributed by atoms with Gasteiger partial charge in [-0.1, -0.05) is 48.5 Å². The molecule has 0 saturated heterocycles. The molecule has 2 amide bonds. The average molecular weight is 310 g/mol. The molecule has 23 heavy (non-hydrogen) atoms. The van der Waals surface area contributed by atoms with Crippen LogP contribution in [-0.2, 0) is 9.53 Å². The number of fused-ring (bicyclic) bond motifs is 3. The number of carbonyl (C=O) groups is 2. The lowest BCUT2D eigenvalue weighted by Gasteiger charge is -2.18. The zero-order valence-electron chi connectivity index (χ0n) is 13.1. The molecule has 0 aromatic heterocycles. The Balaban J connectivity index is 1.76. The third-order valence-electron chi connectivity index (χ3n) is 4.08. The molecule has 3 rings (SSSR count). The molecule has 0 radical (unpaired) electrons. The summed E-state index contributed by atoms with van der Waals surface area (Å²) in [6.45, 7) is 1.59. The van der Waals surface area contributed by atoms with Gasteiger partial charge in [0.25, 0.3) is 0 Å². The van der Waals surface area contributed by atoms with Gasteiger partial charge in [-0.2, -0.15) is 0 Å². The molecule has 1 aliphatic rings. The van der Waals surface area contributed by atoms with E-state index in [9.17, 15) is 9.59 Å². The monoisotopic (exact) mass is 310 g/mol. The third-order valence-corrected chi connectivity index (χ3v) is 4.08. The molecule has 0 fully saturated rings. The minimum absolute atomic E-state index is 0.00999. The summed E-state index contributed by atoms with van der Waals surface area (Å²) < 4.78 is 5.32. The molecule has 1 N–H and O–H groups in total. The van der Waals surface area contributed by atoms with Crippen molar-refractivity contribution in [1.82, 2.24) is 10.4 Å². The summed E-state index contributed by atoms with van der Waals surface area (Å²) >= 11 is 0. The SMILES string of the molecule is CC(=O)N(C)NC(=O)OCC1c2ccccc2-c2ccccc21. The first kappa shape index (κ1) is 15.1. The van der Waals surface area contributed by atoms with Gasteiger partial charge < -0.3 is 4.74 Å². The molecule has 5 heteroatoms. The van der Waals surface area contributed by atoms with Crippen LogP contribution in [0.15, 0.2) is 48.5 Å². The maximum absolute atomic E-state index is 11.8. The van der Waals surface area contributed by atoms with Gasteiger partial charge in [-0.05, 0) is 22.3 Å². The van der Waals surface area contributed by atoms with E-state index in [4.69, 9.17) is 4.74 Å². The highest BCUT2D eigenvalue weighted by Gasteiger charge is 2.29. The number of hydrogen-bond donors (Lipinski definition) is 1. The first-order valence-corrected chi connectivity index (χ1v) is 7.44. The Bertz CT molecular complexity index is 712. The number of carbonyl (C=O) groups excluding carboxylic acids is 2. The molecule has 0 heterocycles. The fourth-order valence-electron chi connectivity index (χ4n) is 2.85. The molecule has 118 valence electrons. The predicted molar refractivity (Wildman–Crippen MR) is 86.6 cm³/mol. The van der Waals surface area contributed by atoms with E-state index < -0.39 is 6.09 Å². The van der Waals surface area contributed by atoms with Crippen LogP contribution in [0.25, 0.3) is 11.1 Å². The Kier molecular flexibility index (Phi) is 4.02. The fourth-order valence-corrected chi connectivity index (χ4v) is 2.85. The highest BCUT2D eigenvalue weighted by Crippen LogP contribution is 2.44. The van der Waals surface area contributed by atoms with Crippen molar-refractivity contribution in [1.29, 1.82) is 0 Å². The predicted octanol–water partition coefficient (Wildman–Crippen LogP) is 2.92. The third kappa shape index (κ3) is 2.90. The van der Waals surface area contributed by atoms with Crippen molar-refractivity contribution in [3.8, 4) is 11.1 Å². The van der Waals surface area contributed by atoms with E-state index in [0.29, 0.717) is 0 Å². The van der Waals surface area contributed by atoms with Gasteiger partial charge >= 0.3 is 6.09 Å². The second kappa shape index (κ2) is 6.12. The molecule has 0 unspecified atom stereocenters. The van der Waals surface area contributed by atoms with Crippen molar-refractivity contribution in [2.24, 2.45) is 0 Å². The van der Waals surface area contributed by atoms with Crippen LogP contribution in [0.1, 0.15) is 24.0 Å². The lowest BCUT2D eigenvalue weighted by atomic mass is 9.98. The van der Waals surface area contributed by atoms with E-state index in [0.717, 1.165) is 16.1 Å². The molecule has 2 aromatic rings. The molecule has 5 nitrogen and oxygen atoms in total. The van der Waals surface area contributed by atoms with E-state index in [1.54, 1.807) is 0 Å². The smallest absolute Gasteiger partial charge is 0.426 e. The Labute approximate surface area is 134 Å². The second-order valence-electron chi connectivity index (χ2n) is 5.52. The van der Waals surface area contributed by atoms with Crippen LogP contribution < -0.4 is 5.43 Å². The largest absolute Gasteiger partial charge is 0.447 e. The minimum Gasteiger partial charge on any atom is -0.447 e. The summed E-state index contributed by atoms with van der Waals surface area (Å²) in [6, 6.07) is 16.3. The molecule has 0 atom stereocenters. The number of rotatable bonds is 2. The first-order valence-electron chi connectivity index (χ1n) is 7.44. The van der Waals surface area contributed by atoms with Crippen LogP contribution in [0.2, 0.25) is 0 Å². The number of hydrogen-bond acceptors (Lipinski definition) is 3. The van der Waals surface area contributed by atoms with Crippen LogP contribution in [0.5, 0.6) is 0 Å². The summed E-state index contributed by atoms with van der Waals surface area (Å²) in [5.41, 5.74) is 7.04. The highest BCUT2D eigenvalue weighted by molar-refractivity contribution is 5.79. The summed E-state index contributed by atoms with van der Waals surface area (Å²) in [4.78, 5) is 22.9. The van der Waals surface area contributed by atoms with E-state index in [1.165, 1.54) is 25.1 Å². The summed E-state index contributed by atoms with van der Waals surface area (Å²) in [5.74, 6) is -0.255. The van der Waals surface area contributed by atoms with E-state index in [2.05, 4.69) is 29.7 Å². The van der Waals surface area contributed by atoms with Crippen molar-refractivity contribution in [3.05, 3.63) is 59.7 Å². The average Bonchev–Trinajstić information content (AvgIpc) is 2.87. The van der Waals surface area contributed by atoms with Crippen LogP contribution in [0.4, 0.5) is 4.79 Å². The lowest BCUT2D eigenvalue weighted by molar-refractivity contribution is -0.129. The van der Waals surface area contributed by atoms with Crippen LogP contribution >= 0.6 is 0 Å². The molecular formula is C18H18N2O3. The van der Waals surface area contributed by atoms with Crippen LogP contribution in [-0.4, -0.2) is 30.7 Å². The standard InChI is InChI=1S/C18H18N2O3/c1-12(21)20(2)19-18(22)23-11-17-15-9-5-3-7-13(15)14-8-4-6-10-16(14)17/h3-10,17H,11H2,1-2H3,(H,19,22). The first-order chi connectivity index (χ1) is 11.1. The molecule has 0 aliphatic heterocycles. The summed E-state index contributed by atoms with van der Waals surface area (Å²) in [7, 11) is 1.48. The van der Waals surface area contributed by atoms with Gasteiger partial charge in [-0.15, -0.1) is 0 Å². The highest BCUT2D eigenvalue weighted by atomic mass is 16.6. The summed E-state index contributed by atoms with van der Waals surface area (Å²) in [5, 5.41) is 1.10. The fraction of sp³-hybridized carbons (Fsp3) is 0.222. The van der Waals surface area contributed by atoms with Crippen molar-refractivity contribution in [3.63, 3.8) is 0 Å². The van der Waals surface area contributed by atoms with Gasteiger partial charge in [0.2, 0.25) is 5.91 Å². The zero-order chi connectivity index (χ0) is 16.4. The Morgan fingerprint density at radius 2 is 1.57 bits per heavy atom. The number of nitrogens with zero attached hydrogens (tertiary/aromatic N) is 1. The van der Waals surface area contributed by atoms with Crippen LogP contribution in [0.3, 0.4) is 0 Å². The van der Waals surface area contributed by atoms with Crippen molar-refractivity contribution >= 4 is 12.0 Å². The molecule has 0 bridgehead atoms. The van der Waals surface area contributed by atoms with E-state index >= 15 is 0 Å². The van der Waals surface area contributed by atoms with Gasteiger partial charge in [-0.3, -0.25) is 9.80 Å². The van der Waals surface area contributed by atoms with Crippen molar-refractivity contribution < 1.29 is 14.3 Å². The van der Waals surface area contributed by atoms with E-state index in [-0.39, 0.29) is 18.4 Å². The van der Waals surface area contributed by atoms with Gasteiger partial charge in [0.05, 0.1) is 0 Å². The zero-order valence-corrected chi connectivity index (χ0v) is 13.1. The topological polar surface area (TPSA) is 58.6 Å². The maximum atomic E-state index is 11.8. The number of ether oxygens (including phenoxy) is 1.